The van der Waals surface area contributed by atoms with E-state index in [0.29, 0.717) is 24.8 Å². The molecular formula is C16H20N2O3. The van der Waals surface area contributed by atoms with E-state index >= 15 is 0 Å². The lowest BCUT2D eigenvalue weighted by Gasteiger charge is -2.09. The topological polar surface area (TPSA) is 64.4 Å². The second-order valence-corrected chi connectivity index (χ2v) is 5.15. The molecule has 0 aliphatic rings. The minimum absolute atomic E-state index is 0.259. The van der Waals surface area contributed by atoms with E-state index < -0.39 is 0 Å². The van der Waals surface area contributed by atoms with Crippen LogP contribution in [0.15, 0.2) is 34.9 Å². The number of nitrogens with zero attached hydrogens (tertiary/aromatic N) is 1. The lowest BCUT2D eigenvalue weighted by Crippen LogP contribution is -2.28. The van der Waals surface area contributed by atoms with E-state index in [9.17, 15) is 4.79 Å². The van der Waals surface area contributed by atoms with Crippen LogP contribution in [0.25, 0.3) is 0 Å². The number of aromatic nitrogens is 1. The van der Waals surface area contributed by atoms with Crippen molar-refractivity contribution in [3.63, 3.8) is 0 Å². The van der Waals surface area contributed by atoms with Gasteiger partial charge in [-0.25, -0.2) is 0 Å². The Labute approximate surface area is 124 Å². The first-order chi connectivity index (χ1) is 10.1. The summed E-state index contributed by atoms with van der Waals surface area (Å²) in [4.78, 5) is 11.7. The SMILES string of the molecule is Cc1cc(C(=O)NCCOc2ccc(C(C)C)cc2)no1. The predicted molar refractivity (Wildman–Crippen MR) is 79.6 cm³/mol. The molecule has 21 heavy (non-hydrogen) atoms. The summed E-state index contributed by atoms with van der Waals surface area (Å²) < 4.78 is 10.4. The lowest BCUT2D eigenvalue weighted by atomic mass is 10.0. The van der Waals surface area contributed by atoms with Gasteiger partial charge in [0.25, 0.3) is 5.91 Å². The van der Waals surface area contributed by atoms with Crippen LogP contribution in [0.5, 0.6) is 5.75 Å². The normalized spacial score (nSPS) is 10.7. The van der Waals surface area contributed by atoms with Crippen LogP contribution in [0.3, 0.4) is 0 Å². The van der Waals surface area contributed by atoms with Gasteiger partial charge < -0.3 is 14.6 Å². The fourth-order valence-electron chi connectivity index (χ4n) is 1.85. The Morgan fingerprint density at radius 2 is 2.05 bits per heavy atom. The molecule has 0 fully saturated rings. The summed E-state index contributed by atoms with van der Waals surface area (Å²) in [5, 5.41) is 6.38. The molecule has 0 bridgehead atoms. The van der Waals surface area contributed by atoms with Crippen LogP contribution in [0.4, 0.5) is 0 Å². The van der Waals surface area contributed by atoms with E-state index in [1.54, 1.807) is 13.0 Å². The van der Waals surface area contributed by atoms with Gasteiger partial charge in [-0.1, -0.05) is 31.1 Å². The van der Waals surface area contributed by atoms with Crippen molar-refractivity contribution >= 4 is 5.91 Å². The molecule has 0 saturated carbocycles. The average Bonchev–Trinajstić information content (AvgIpc) is 2.90. The summed E-state index contributed by atoms with van der Waals surface area (Å²) in [6.45, 7) is 6.86. The fourth-order valence-corrected chi connectivity index (χ4v) is 1.85. The highest BCUT2D eigenvalue weighted by Crippen LogP contribution is 2.18. The molecule has 1 aromatic carbocycles. The van der Waals surface area contributed by atoms with E-state index in [1.165, 1.54) is 5.56 Å². The summed E-state index contributed by atoms with van der Waals surface area (Å²) in [5.41, 5.74) is 1.56. The number of hydrogen-bond donors (Lipinski definition) is 1. The zero-order valence-corrected chi connectivity index (χ0v) is 12.6. The molecule has 2 rings (SSSR count). The molecule has 0 atom stereocenters. The standard InChI is InChI=1S/C16H20N2O3/c1-11(2)13-4-6-14(7-5-13)20-9-8-17-16(19)15-10-12(3)21-18-15/h4-7,10-11H,8-9H2,1-3H3,(H,17,19). The third-order valence-electron chi connectivity index (χ3n) is 3.06. The zero-order chi connectivity index (χ0) is 15.2. The second kappa shape index (κ2) is 6.92. The van der Waals surface area contributed by atoms with Crippen LogP contribution >= 0.6 is 0 Å². The molecule has 1 aromatic heterocycles. The van der Waals surface area contributed by atoms with Gasteiger partial charge >= 0.3 is 0 Å². The van der Waals surface area contributed by atoms with Crippen molar-refractivity contribution in [3.8, 4) is 5.75 Å². The van der Waals surface area contributed by atoms with Crippen LogP contribution in [0, 0.1) is 6.92 Å². The van der Waals surface area contributed by atoms with Crippen molar-refractivity contribution in [1.29, 1.82) is 0 Å². The van der Waals surface area contributed by atoms with Gasteiger partial charge in [0.1, 0.15) is 18.1 Å². The first kappa shape index (κ1) is 15.1. The maximum absolute atomic E-state index is 11.7. The smallest absolute Gasteiger partial charge is 0.273 e. The third-order valence-corrected chi connectivity index (χ3v) is 3.06. The maximum atomic E-state index is 11.7. The van der Waals surface area contributed by atoms with Gasteiger partial charge in [-0.15, -0.1) is 0 Å². The van der Waals surface area contributed by atoms with E-state index in [2.05, 4.69) is 36.5 Å². The molecule has 1 N–H and O–H groups in total. The molecule has 0 aliphatic heterocycles. The Hall–Kier alpha value is -2.30. The Kier molecular flexibility index (Phi) is 4.98. The fraction of sp³-hybridized carbons (Fsp3) is 0.375. The van der Waals surface area contributed by atoms with Gasteiger partial charge in [0, 0.05) is 6.07 Å². The molecule has 0 aliphatic carbocycles. The molecule has 112 valence electrons. The molecule has 0 saturated heterocycles. The number of carbonyl (C=O) groups excluding carboxylic acids is 1. The zero-order valence-electron chi connectivity index (χ0n) is 12.6. The molecular weight excluding hydrogens is 268 g/mol. The second-order valence-electron chi connectivity index (χ2n) is 5.15. The molecule has 1 heterocycles. The quantitative estimate of drug-likeness (QED) is 0.830. The number of carbonyl (C=O) groups is 1. The minimum atomic E-state index is -0.259. The molecule has 5 nitrogen and oxygen atoms in total. The van der Waals surface area contributed by atoms with E-state index in [-0.39, 0.29) is 11.6 Å². The van der Waals surface area contributed by atoms with Crippen LogP contribution in [0.1, 0.15) is 41.6 Å². The summed E-state index contributed by atoms with van der Waals surface area (Å²) in [7, 11) is 0. The Bertz CT molecular complexity index is 588. The Morgan fingerprint density at radius 1 is 1.33 bits per heavy atom. The van der Waals surface area contributed by atoms with Crippen molar-refractivity contribution in [2.45, 2.75) is 26.7 Å². The number of aryl methyl sites for hydroxylation is 1. The van der Waals surface area contributed by atoms with Gasteiger partial charge in [-0.05, 0) is 30.5 Å². The van der Waals surface area contributed by atoms with Crippen molar-refractivity contribution in [2.75, 3.05) is 13.2 Å². The molecule has 0 spiro atoms. The Balaban J connectivity index is 1.73. The monoisotopic (exact) mass is 288 g/mol. The molecule has 0 unspecified atom stereocenters. The summed E-state index contributed by atoms with van der Waals surface area (Å²) in [6.07, 6.45) is 0. The van der Waals surface area contributed by atoms with Gasteiger partial charge in [0.05, 0.1) is 6.54 Å². The van der Waals surface area contributed by atoms with Gasteiger partial charge in [0.2, 0.25) is 0 Å². The lowest BCUT2D eigenvalue weighted by molar-refractivity contribution is 0.0938. The Morgan fingerprint density at radius 3 is 2.62 bits per heavy atom. The van der Waals surface area contributed by atoms with Crippen LogP contribution in [-0.4, -0.2) is 24.2 Å². The summed E-state index contributed by atoms with van der Waals surface area (Å²) in [5.74, 6) is 1.66. The highest BCUT2D eigenvalue weighted by atomic mass is 16.5. The van der Waals surface area contributed by atoms with Gasteiger partial charge in [0.15, 0.2) is 5.69 Å². The van der Waals surface area contributed by atoms with Crippen molar-refractivity contribution in [2.24, 2.45) is 0 Å². The highest BCUT2D eigenvalue weighted by molar-refractivity contribution is 5.92. The van der Waals surface area contributed by atoms with Crippen molar-refractivity contribution in [1.82, 2.24) is 10.5 Å². The van der Waals surface area contributed by atoms with Crippen molar-refractivity contribution in [3.05, 3.63) is 47.3 Å². The number of rotatable bonds is 6. The minimum Gasteiger partial charge on any atom is -0.492 e. The molecule has 1 amide bonds. The number of amides is 1. The largest absolute Gasteiger partial charge is 0.492 e. The van der Waals surface area contributed by atoms with Crippen LogP contribution < -0.4 is 10.1 Å². The van der Waals surface area contributed by atoms with Crippen LogP contribution in [0.2, 0.25) is 0 Å². The highest BCUT2D eigenvalue weighted by Gasteiger charge is 2.09. The summed E-state index contributed by atoms with van der Waals surface area (Å²) in [6, 6.07) is 9.59. The van der Waals surface area contributed by atoms with E-state index in [1.807, 2.05) is 12.1 Å². The number of hydrogen-bond acceptors (Lipinski definition) is 4. The molecule has 0 radical (unpaired) electrons. The van der Waals surface area contributed by atoms with Gasteiger partial charge in [-0.2, -0.15) is 0 Å². The first-order valence-corrected chi connectivity index (χ1v) is 7.00. The van der Waals surface area contributed by atoms with E-state index in [0.717, 1.165) is 5.75 Å². The van der Waals surface area contributed by atoms with Crippen LogP contribution in [-0.2, 0) is 0 Å². The van der Waals surface area contributed by atoms with E-state index in [4.69, 9.17) is 9.26 Å². The summed E-state index contributed by atoms with van der Waals surface area (Å²) >= 11 is 0. The maximum Gasteiger partial charge on any atom is 0.273 e. The van der Waals surface area contributed by atoms with Gasteiger partial charge in [-0.3, -0.25) is 4.79 Å². The average molecular weight is 288 g/mol. The number of benzene rings is 1. The number of nitrogens with one attached hydrogen (secondary N) is 1. The third kappa shape index (κ3) is 4.34. The number of ether oxygens (including phenoxy) is 1. The molecule has 2 aromatic rings. The first-order valence-electron chi connectivity index (χ1n) is 7.00. The van der Waals surface area contributed by atoms with Crippen molar-refractivity contribution < 1.29 is 14.1 Å². The predicted octanol–water partition coefficient (Wildman–Crippen LogP) is 2.92. The molecule has 5 heteroatoms.